The zero-order chi connectivity index (χ0) is 95.5. The maximum atomic E-state index is 14.5. The molecule has 3 N–H and O–H groups in total. The second-order valence-corrected chi connectivity index (χ2v) is 34.1. The summed E-state index contributed by atoms with van der Waals surface area (Å²) in [6, 6.07) is 29.9. The number of alkyl halides is 19. The van der Waals surface area contributed by atoms with Gasteiger partial charge in [-0.3, -0.25) is 24.0 Å². The van der Waals surface area contributed by atoms with Crippen molar-refractivity contribution >= 4 is 108 Å². The summed E-state index contributed by atoms with van der Waals surface area (Å²) < 4.78 is 280. The topological polar surface area (TPSA) is 266 Å². The van der Waals surface area contributed by atoms with Crippen LogP contribution in [0.1, 0.15) is 183 Å². The highest BCUT2D eigenvalue weighted by molar-refractivity contribution is 7.92. The van der Waals surface area contributed by atoms with Crippen molar-refractivity contribution in [2.75, 3.05) is 26.0 Å². The number of benzene rings is 7. The Hall–Kier alpha value is -10.9. The zero-order valence-corrected chi connectivity index (χ0v) is 71.7. The zero-order valence-electron chi connectivity index (χ0n) is 68.6. The quantitative estimate of drug-likeness (QED) is 0.0356. The second kappa shape index (κ2) is 40.9. The summed E-state index contributed by atoms with van der Waals surface area (Å²) in [5.41, 5.74) is -5.99. The van der Waals surface area contributed by atoms with E-state index in [0.717, 1.165) is 17.8 Å². The Labute approximate surface area is 735 Å². The van der Waals surface area contributed by atoms with E-state index < -0.39 is 179 Å². The number of halogens is 22. The van der Waals surface area contributed by atoms with E-state index in [2.05, 4.69) is 48.0 Å². The first-order valence-electron chi connectivity index (χ1n) is 38.5. The first kappa shape index (κ1) is 103. The van der Waals surface area contributed by atoms with Crippen LogP contribution < -0.4 is 16.0 Å². The van der Waals surface area contributed by atoms with E-state index in [4.69, 9.17) is 54.6 Å². The van der Waals surface area contributed by atoms with Crippen LogP contribution in [0.2, 0.25) is 15.1 Å². The molecule has 3 aliphatic heterocycles. The highest BCUT2D eigenvalue weighted by Gasteiger charge is 2.65. The number of hydrogen-bond acceptors (Lipinski definition) is 16. The number of nitrogens with zero attached hydrogens (tertiary/aromatic N) is 5. The lowest BCUT2D eigenvalue weighted by molar-refractivity contribution is -0.276. The van der Waals surface area contributed by atoms with E-state index in [9.17, 15) is 116 Å². The lowest BCUT2D eigenvalue weighted by Crippen LogP contribution is -2.43. The van der Waals surface area contributed by atoms with Gasteiger partial charge >= 0.3 is 30.9 Å². The van der Waals surface area contributed by atoms with Gasteiger partial charge in [0.05, 0.1) is 60.6 Å². The largest absolute Gasteiger partial charge is 0.435 e. The Morgan fingerprint density at radius 3 is 1.36 bits per heavy atom. The maximum Gasteiger partial charge on any atom is 0.435 e. The number of Topliss-reactive ketones (excluding diaryl/α,β-unsaturated/α-hetero) is 2. The predicted octanol–water partition coefficient (Wildman–Crippen LogP) is 22.0. The summed E-state index contributed by atoms with van der Waals surface area (Å²) in [5, 5.41) is 30.3. The number of amides is 3. The monoisotopic (exact) mass is 1900 g/mol. The summed E-state index contributed by atoms with van der Waals surface area (Å²) in [6.45, 7) is 9.87. The molecule has 1 fully saturated rings. The van der Waals surface area contributed by atoms with Crippen LogP contribution in [-0.4, -0.2) is 129 Å². The average molecular weight is 1900 g/mol. The fourth-order valence-corrected chi connectivity index (χ4v) is 16.7. The molecule has 19 nitrogen and oxygen atoms in total. The van der Waals surface area contributed by atoms with Crippen molar-refractivity contribution in [3.05, 3.63) is 233 Å². The minimum atomic E-state index is -5.11. The number of ketones is 2. The van der Waals surface area contributed by atoms with Crippen molar-refractivity contribution in [2.24, 2.45) is 26.5 Å². The second-order valence-electron chi connectivity index (χ2n) is 30.6. The number of aryl methyl sites for hydroxylation is 4. The van der Waals surface area contributed by atoms with Crippen LogP contribution in [-0.2, 0) is 61.5 Å². The fourth-order valence-electron chi connectivity index (χ4n) is 14.0. The number of carbonyl (C=O) groups excluding carboxylic acids is 5. The molecular formula is C86H80Cl3F19N8O11S. The van der Waals surface area contributed by atoms with Crippen molar-refractivity contribution in [2.45, 2.75) is 183 Å². The molecule has 128 heavy (non-hydrogen) atoms. The molecule has 0 bridgehead atoms. The molecule has 7 aromatic rings. The Balaban J connectivity index is 0.000000217. The van der Waals surface area contributed by atoms with Crippen LogP contribution in [0.4, 0.5) is 83.4 Å². The van der Waals surface area contributed by atoms with Gasteiger partial charge in [-0.05, 0) is 189 Å². The van der Waals surface area contributed by atoms with Gasteiger partial charge in [0.2, 0.25) is 5.92 Å². The highest BCUT2D eigenvalue weighted by atomic mass is 35.5. The van der Waals surface area contributed by atoms with Crippen LogP contribution in [0.5, 0.6) is 0 Å². The lowest BCUT2D eigenvalue weighted by atomic mass is 9.84. The number of nitrogens with one attached hydrogen (secondary N) is 3. The van der Waals surface area contributed by atoms with Crippen molar-refractivity contribution < 1.29 is 135 Å². The van der Waals surface area contributed by atoms with Crippen molar-refractivity contribution in [3.8, 4) is 6.07 Å². The molecule has 0 aromatic heterocycles. The van der Waals surface area contributed by atoms with Gasteiger partial charge in [-0.1, -0.05) is 117 Å². The Kier molecular flexibility index (Phi) is 32.7. The summed E-state index contributed by atoms with van der Waals surface area (Å²) in [4.78, 5) is 80.2. The standard InChI is InChI=1S/C28H21ClF8N2O3.C24H21ClF6N2O3.C21H18ClF3N2O2.C13H20F2N2O3S/c1-25(30,31)15-10-16(12-17(29)11-15)26(28(35,36)37)13-23(39-42-26)21-6-7-22(20-5-3-2-4-19(20)21)24(41)38-14-18(40)8-9-27(32,33)34;1-13-7-16(10-17(25)8-13)22(24(29,30)31)11-20(33-36-22)15-3-4-19(14(2)9-15)21(35)32-12-18(34)5-6-23(26,27)28;1-4-26-19(28)17-6-5-14(9-13(17)3)18-11-20(29-27-18,21(23,24)25)15-7-12(2)8-16(22)10-15;1-13(14,15)7-8-21(18,19)12(9-16)10-3-5-11(6-4-10)17-20-2/h2-7,10-12H,8-9,13-14H2,1H3,(H,38,41);3-4,7-10H,5-6,11-12H2,1-2H3,(H,32,35);4-10H,1,11H2,2-3H3,(H,26,28);10,12H,3-8H2,1-2H3. The van der Waals surface area contributed by atoms with Gasteiger partial charge in [-0.15, -0.1) is 0 Å². The third-order valence-electron chi connectivity index (χ3n) is 20.6. The molecule has 1 saturated carbocycles. The van der Waals surface area contributed by atoms with Crippen LogP contribution in [0.3, 0.4) is 0 Å². The number of carbonyl (C=O) groups is 5. The number of fused-ring (bicyclic) bond motifs is 1. The van der Waals surface area contributed by atoms with Crippen LogP contribution in [0.25, 0.3) is 10.8 Å². The number of nitriles is 1. The Morgan fingerprint density at radius 2 is 0.961 bits per heavy atom. The molecular weight excluding hydrogens is 1820 g/mol. The molecule has 7 aromatic carbocycles. The Morgan fingerprint density at radius 1 is 0.555 bits per heavy atom. The van der Waals surface area contributed by atoms with Gasteiger partial charge in [-0.2, -0.15) is 71.1 Å². The van der Waals surface area contributed by atoms with Gasteiger partial charge in [-0.25, -0.2) is 26.0 Å². The molecule has 1 aliphatic carbocycles. The lowest BCUT2D eigenvalue weighted by Gasteiger charge is -2.30. The number of oxime groups is 4. The Bertz CT molecular complexity index is 5580. The maximum absolute atomic E-state index is 14.5. The molecule has 3 heterocycles. The molecule has 690 valence electrons. The third kappa shape index (κ3) is 26.0. The van der Waals surface area contributed by atoms with Gasteiger partial charge in [0.25, 0.3) is 40.4 Å². The number of sulfone groups is 1. The van der Waals surface area contributed by atoms with Gasteiger partial charge in [0, 0.05) is 105 Å². The molecule has 11 rings (SSSR count). The van der Waals surface area contributed by atoms with E-state index in [1.165, 1.54) is 99.1 Å². The van der Waals surface area contributed by atoms with Crippen molar-refractivity contribution in [3.63, 3.8) is 0 Å². The molecule has 0 saturated heterocycles. The van der Waals surface area contributed by atoms with Crippen molar-refractivity contribution in [1.82, 2.24) is 16.0 Å². The summed E-state index contributed by atoms with van der Waals surface area (Å²) in [7, 11) is -2.41. The van der Waals surface area contributed by atoms with E-state index in [1.54, 1.807) is 57.2 Å². The molecule has 0 spiro atoms. The average Bonchev–Trinajstić information content (AvgIpc) is 1.58. The first-order valence-corrected chi connectivity index (χ1v) is 41.3. The van der Waals surface area contributed by atoms with Crippen molar-refractivity contribution in [1.29, 1.82) is 5.26 Å². The number of hydrogen-bond donors (Lipinski definition) is 3. The smallest absolute Gasteiger partial charge is 0.399 e. The summed E-state index contributed by atoms with van der Waals surface area (Å²) in [5.74, 6) is -11.0. The minimum absolute atomic E-state index is 0.00217. The van der Waals surface area contributed by atoms with Crippen LogP contribution >= 0.6 is 34.8 Å². The molecule has 3 amide bonds. The molecule has 4 atom stereocenters. The predicted molar refractivity (Wildman–Crippen MR) is 437 cm³/mol. The molecule has 0 radical (unpaired) electrons. The highest BCUT2D eigenvalue weighted by Crippen LogP contribution is 2.54. The van der Waals surface area contributed by atoms with Crippen LogP contribution in [0, 0.1) is 44.9 Å². The van der Waals surface area contributed by atoms with E-state index in [1.807, 2.05) is 0 Å². The van der Waals surface area contributed by atoms with Gasteiger partial charge in [0.15, 0.2) is 26.7 Å². The molecule has 42 heteroatoms. The van der Waals surface area contributed by atoms with E-state index >= 15 is 0 Å². The normalized spacial score (nSPS) is 18.6. The SMILES string of the molecule is C=CNC(=O)c1ccc(C2=NOC(c3cc(C)cc(Cl)c3)(C(F)(F)F)C2)cc1C.CC(F)(F)c1cc(Cl)cc(C2(C(F)(F)F)CC(c3ccc(C(=O)NCC(=O)CCC(F)(F)F)c4ccccc34)=NO2)c1.CON=C1CCC(C(C#N)S(=O)(=O)CCC(C)(F)F)CC1.Cc1cc(Cl)cc(C2(C(F)(F)F)CC(c3ccc(C(=O)NCC(=O)CCC(F)(F)F)c(C)c3)=NO2)c1. The summed E-state index contributed by atoms with van der Waals surface area (Å²) in [6.07, 6.45) is -27.2. The van der Waals surface area contributed by atoms with Gasteiger partial charge < -0.3 is 35.3 Å². The summed E-state index contributed by atoms with van der Waals surface area (Å²) >= 11 is 17.9. The number of rotatable bonds is 25. The van der Waals surface area contributed by atoms with Gasteiger partial charge in [0.1, 0.15) is 7.11 Å². The fraction of sp³-hybridized carbons (Fsp3) is 0.395. The van der Waals surface area contributed by atoms with E-state index in [0.29, 0.717) is 79.0 Å². The molecule has 4 aliphatic rings. The van der Waals surface area contributed by atoms with E-state index in [-0.39, 0.29) is 88.2 Å². The minimum Gasteiger partial charge on any atom is -0.399 e. The van der Waals surface area contributed by atoms with Crippen LogP contribution in [0.15, 0.2) is 161 Å². The molecule has 4 unspecified atom stereocenters. The first-order chi connectivity index (χ1) is 59.3. The third-order valence-corrected chi connectivity index (χ3v) is 23.3.